The summed E-state index contributed by atoms with van der Waals surface area (Å²) in [6, 6.07) is 10.5. The van der Waals surface area contributed by atoms with E-state index in [9.17, 15) is 0 Å². The molecule has 1 saturated heterocycles. The lowest BCUT2D eigenvalue weighted by molar-refractivity contribution is 0.185. The number of nitrogens with one attached hydrogen (secondary N) is 1. The zero-order valence-corrected chi connectivity index (χ0v) is 16.6. The van der Waals surface area contributed by atoms with Gasteiger partial charge >= 0.3 is 0 Å². The molecule has 3 rings (SSSR count). The molecule has 27 heavy (non-hydrogen) atoms. The lowest BCUT2D eigenvalue weighted by Crippen LogP contribution is -2.45. The molecule has 0 radical (unpaired) electrons. The van der Waals surface area contributed by atoms with Crippen molar-refractivity contribution >= 4 is 0 Å². The van der Waals surface area contributed by atoms with Gasteiger partial charge in [0.25, 0.3) is 5.88 Å². The van der Waals surface area contributed by atoms with Gasteiger partial charge in [-0.3, -0.25) is 4.90 Å². The van der Waals surface area contributed by atoms with Crippen molar-refractivity contribution in [2.75, 3.05) is 33.9 Å². The third kappa shape index (κ3) is 4.90. The van der Waals surface area contributed by atoms with Gasteiger partial charge in [-0.25, -0.2) is 4.98 Å². The number of nitrogens with zero attached hydrogens (tertiary/aromatic N) is 2. The van der Waals surface area contributed by atoms with Crippen LogP contribution in [-0.2, 0) is 6.54 Å². The largest absolute Gasteiger partial charge is 0.491 e. The molecule has 0 aliphatic carbocycles. The molecular weight excluding hydrogens is 342 g/mol. The van der Waals surface area contributed by atoms with Crippen molar-refractivity contribution in [2.24, 2.45) is 0 Å². The Morgan fingerprint density at radius 2 is 2.00 bits per heavy atom. The van der Waals surface area contributed by atoms with Crippen LogP contribution in [0.25, 0.3) is 0 Å². The minimum atomic E-state index is 0.156. The molecule has 0 unspecified atom stereocenters. The fourth-order valence-corrected chi connectivity index (χ4v) is 3.41. The van der Waals surface area contributed by atoms with E-state index in [1.54, 1.807) is 14.2 Å². The minimum absolute atomic E-state index is 0.156. The van der Waals surface area contributed by atoms with Crippen LogP contribution < -0.4 is 19.5 Å². The van der Waals surface area contributed by atoms with E-state index in [2.05, 4.69) is 41.2 Å². The van der Waals surface area contributed by atoms with Gasteiger partial charge in [-0.1, -0.05) is 18.2 Å². The molecule has 6 heteroatoms. The van der Waals surface area contributed by atoms with Crippen LogP contribution in [0.5, 0.6) is 17.4 Å². The molecule has 1 aliphatic heterocycles. The first kappa shape index (κ1) is 19.5. The predicted molar refractivity (Wildman–Crippen MR) is 106 cm³/mol. The summed E-state index contributed by atoms with van der Waals surface area (Å²) in [5.74, 6) is 2.14. The van der Waals surface area contributed by atoms with Crippen molar-refractivity contribution in [2.45, 2.75) is 32.5 Å². The van der Waals surface area contributed by atoms with Gasteiger partial charge in [0.05, 0.1) is 20.3 Å². The normalized spacial score (nSPS) is 17.7. The first-order chi connectivity index (χ1) is 13.1. The van der Waals surface area contributed by atoms with Crippen LogP contribution >= 0.6 is 0 Å². The van der Waals surface area contributed by atoms with Gasteiger partial charge in [0.1, 0.15) is 5.75 Å². The first-order valence-electron chi connectivity index (χ1n) is 9.39. The van der Waals surface area contributed by atoms with Crippen molar-refractivity contribution in [1.29, 1.82) is 0 Å². The molecule has 1 aromatic carbocycles. The molecule has 1 N–H and O–H groups in total. The third-order valence-corrected chi connectivity index (χ3v) is 4.61. The topological polar surface area (TPSA) is 55.9 Å². The molecule has 2 aromatic rings. The van der Waals surface area contributed by atoms with Crippen molar-refractivity contribution in [1.82, 2.24) is 15.2 Å². The van der Waals surface area contributed by atoms with E-state index < -0.39 is 0 Å². The molecule has 1 aliphatic rings. The van der Waals surface area contributed by atoms with Crippen LogP contribution in [0.4, 0.5) is 0 Å². The van der Waals surface area contributed by atoms with Gasteiger partial charge in [0, 0.05) is 44.0 Å². The number of pyridine rings is 1. The maximum Gasteiger partial charge on any atom is 0.256 e. The summed E-state index contributed by atoms with van der Waals surface area (Å²) in [4.78, 5) is 6.77. The quantitative estimate of drug-likeness (QED) is 0.807. The molecule has 0 saturated carbocycles. The summed E-state index contributed by atoms with van der Waals surface area (Å²) < 4.78 is 16.6. The van der Waals surface area contributed by atoms with E-state index in [1.165, 1.54) is 5.56 Å². The van der Waals surface area contributed by atoms with Crippen LogP contribution in [0.2, 0.25) is 0 Å². The summed E-state index contributed by atoms with van der Waals surface area (Å²) in [5.41, 5.74) is 2.32. The molecule has 1 fully saturated rings. The van der Waals surface area contributed by atoms with Crippen LogP contribution in [0.1, 0.15) is 31.0 Å². The fourth-order valence-electron chi connectivity index (χ4n) is 3.41. The Bertz CT molecular complexity index is 751. The molecule has 1 atom stereocenters. The number of para-hydroxylation sites is 1. The average molecular weight is 371 g/mol. The lowest BCUT2D eigenvalue weighted by Gasteiger charge is -2.34. The SMILES string of the molecule is COc1cc(CN2CCN[C@@H](c3ccccc3OC(C)C)C2)cnc1OC. The Kier molecular flexibility index (Phi) is 6.53. The predicted octanol–water partition coefficient (Wildman–Crippen LogP) is 3.03. The molecule has 0 spiro atoms. The van der Waals surface area contributed by atoms with E-state index >= 15 is 0 Å². The zero-order chi connectivity index (χ0) is 19.2. The number of ether oxygens (including phenoxy) is 3. The van der Waals surface area contributed by atoms with E-state index in [4.69, 9.17) is 14.2 Å². The van der Waals surface area contributed by atoms with Crippen LogP contribution in [-0.4, -0.2) is 49.8 Å². The lowest BCUT2D eigenvalue weighted by atomic mass is 10.0. The Morgan fingerprint density at radius 3 is 2.74 bits per heavy atom. The summed E-state index contributed by atoms with van der Waals surface area (Å²) >= 11 is 0. The van der Waals surface area contributed by atoms with E-state index in [0.717, 1.165) is 37.5 Å². The maximum atomic E-state index is 6.01. The van der Waals surface area contributed by atoms with Gasteiger partial charge in [-0.2, -0.15) is 0 Å². The van der Waals surface area contributed by atoms with Crippen molar-refractivity contribution in [3.63, 3.8) is 0 Å². The molecular formula is C21H29N3O3. The standard InChI is InChI=1S/C21H29N3O3/c1-15(2)27-19-8-6-5-7-17(19)18-14-24(10-9-22-18)13-16-11-20(25-3)21(26-4)23-12-16/h5-8,11-12,15,18,22H,9-10,13-14H2,1-4H3/t18-/m1/s1. The second-order valence-corrected chi connectivity index (χ2v) is 7.00. The fraction of sp³-hybridized carbons (Fsp3) is 0.476. The highest BCUT2D eigenvalue weighted by atomic mass is 16.5. The maximum absolute atomic E-state index is 6.01. The van der Waals surface area contributed by atoms with E-state index in [-0.39, 0.29) is 12.1 Å². The number of hydrogen-bond donors (Lipinski definition) is 1. The number of aromatic nitrogens is 1. The van der Waals surface area contributed by atoms with Gasteiger partial charge in [0.2, 0.25) is 0 Å². The number of hydrogen-bond acceptors (Lipinski definition) is 6. The highest BCUT2D eigenvalue weighted by Gasteiger charge is 2.24. The Labute approximate surface area is 161 Å². The van der Waals surface area contributed by atoms with Gasteiger partial charge < -0.3 is 19.5 Å². The summed E-state index contributed by atoms with van der Waals surface area (Å²) in [6.45, 7) is 7.76. The Balaban J connectivity index is 1.72. The van der Waals surface area contributed by atoms with E-state index in [0.29, 0.717) is 11.6 Å². The Morgan fingerprint density at radius 1 is 1.19 bits per heavy atom. The number of rotatable bonds is 7. The molecule has 1 aromatic heterocycles. The molecule has 6 nitrogen and oxygen atoms in total. The second-order valence-electron chi connectivity index (χ2n) is 7.00. The zero-order valence-electron chi connectivity index (χ0n) is 16.6. The molecule has 2 heterocycles. The monoisotopic (exact) mass is 371 g/mol. The van der Waals surface area contributed by atoms with Crippen LogP contribution in [0.3, 0.4) is 0 Å². The smallest absolute Gasteiger partial charge is 0.256 e. The van der Waals surface area contributed by atoms with Gasteiger partial charge in [-0.05, 0) is 31.5 Å². The first-order valence-corrected chi connectivity index (χ1v) is 9.39. The minimum Gasteiger partial charge on any atom is -0.491 e. The van der Waals surface area contributed by atoms with Crippen LogP contribution in [0, 0.1) is 0 Å². The third-order valence-electron chi connectivity index (χ3n) is 4.61. The number of piperazine rings is 1. The van der Waals surface area contributed by atoms with Crippen molar-refractivity contribution < 1.29 is 14.2 Å². The highest BCUT2D eigenvalue weighted by molar-refractivity contribution is 5.37. The summed E-state index contributed by atoms with van der Waals surface area (Å²) in [6.07, 6.45) is 2.01. The highest BCUT2D eigenvalue weighted by Crippen LogP contribution is 2.29. The second kappa shape index (κ2) is 9.06. The average Bonchev–Trinajstić information content (AvgIpc) is 2.68. The van der Waals surface area contributed by atoms with Crippen LogP contribution in [0.15, 0.2) is 36.5 Å². The summed E-state index contributed by atoms with van der Waals surface area (Å²) in [5, 5.41) is 3.62. The molecule has 0 bridgehead atoms. The number of benzene rings is 1. The van der Waals surface area contributed by atoms with Crippen molar-refractivity contribution in [3.05, 3.63) is 47.7 Å². The van der Waals surface area contributed by atoms with Gasteiger partial charge in [0.15, 0.2) is 5.75 Å². The van der Waals surface area contributed by atoms with Gasteiger partial charge in [-0.15, -0.1) is 0 Å². The molecule has 0 amide bonds. The summed E-state index contributed by atoms with van der Waals surface area (Å²) in [7, 11) is 3.23. The molecule has 146 valence electrons. The Hall–Kier alpha value is -2.31. The van der Waals surface area contributed by atoms with Crippen molar-refractivity contribution in [3.8, 4) is 17.4 Å². The number of methoxy groups -OCH3 is 2. The van der Waals surface area contributed by atoms with E-state index in [1.807, 2.05) is 24.4 Å².